The lowest BCUT2D eigenvalue weighted by Crippen LogP contribution is -2.45. The Balaban J connectivity index is 3.51. The van der Waals surface area contributed by atoms with Gasteiger partial charge in [0, 0.05) is 6.08 Å². The Bertz CT molecular complexity index is 777. The third kappa shape index (κ3) is 3.74. The van der Waals surface area contributed by atoms with E-state index in [9.17, 15) is 25.3 Å². The van der Waals surface area contributed by atoms with E-state index in [1.54, 1.807) is 0 Å². The fourth-order valence-corrected chi connectivity index (χ4v) is 3.76. The second-order valence-corrected chi connectivity index (χ2v) is 10.6. The van der Waals surface area contributed by atoms with Gasteiger partial charge in [0.25, 0.3) is 10.0 Å². The standard InChI is InChI=1S/C9H17N3O6S3/c1-4-19(13,14)8-7-9(20(15,16)5-2)11-12(10-8)21(17,18)6-3/h7,10H,4-6H2,1-3H3. The van der Waals surface area contributed by atoms with E-state index >= 15 is 0 Å². The minimum Gasteiger partial charge on any atom is -0.257 e. The fourth-order valence-electron chi connectivity index (χ4n) is 1.25. The summed E-state index contributed by atoms with van der Waals surface area (Å²) >= 11 is 0. The van der Waals surface area contributed by atoms with E-state index in [0.29, 0.717) is 0 Å². The number of sulfonamides is 1. The summed E-state index contributed by atoms with van der Waals surface area (Å²) in [6.07, 6.45) is 0.833. The summed E-state index contributed by atoms with van der Waals surface area (Å²) < 4.78 is 71.4. The molecule has 1 N–H and O–H groups in total. The molecule has 1 rings (SSSR count). The van der Waals surface area contributed by atoms with Crippen LogP contribution in [-0.2, 0) is 29.7 Å². The summed E-state index contributed by atoms with van der Waals surface area (Å²) in [6.45, 7) is 4.03. The molecule has 0 saturated heterocycles. The molecule has 0 amide bonds. The van der Waals surface area contributed by atoms with Gasteiger partial charge in [-0.2, -0.15) is 0 Å². The molecule has 0 aromatic rings. The van der Waals surface area contributed by atoms with E-state index in [0.717, 1.165) is 6.08 Å². The van der Waals surface area contributed by atoms with Crippen LogP contribution < -0.4 is 5.43 Å². The minimum atomic E-state index is -3.96. The molecule has 122 valence electrons. The van der Waals surface area contributed by atoms with Crippen LogP contribution in [0.2, 0.25) is 0 Å². The highest BCUT2D eigenvalue weighted by Gasteiger charge is 2.32. The van der Waals surface area contributed by atoms with Crippen molar-refractivity contribution in [2.24, 2.45) is 5.10 Å². The molecular weight excluding hydrogens is 342 g/mol. The van der Waals surface area contributed by atoms with Crippen molar-refractivity contribution >= 4 is 34.7 Å². The largest absolute Gasteiger partial charge is 0.267 e. The predicted octanol–water partition coefficient (Wildman–Crippen LogP) is -0.819. The Labute approximate surface area is 124 Å². The lowest BCUT2D eigenvalue weighted by molar-refractivity contribution is 0.370. The maximum atomic E-state index is 11.9. The van der Waals surface area contributed by atoms with Crippen molar-refractivity contribution in [3.8, 4) is 0 Å². The Morgan fingerprint density at radius 3 is 1.90 bits per heavy atom. The van der Waals surface area contributed by atoms with Gasteiger partial charge in [-0.1, -0.05) is 18.4 Å². The van der Waals surface area contributed by atoms with E-state index in [1.807, 2.05) is 0 Å². The molecule has 21 heavy (non-hydrogen) atoms. The zero-order chi connectivity index (χ0) is 16.5. The number of nitrogens with one attached hydrogen (secondary N) is 1. The highest BCUT2D eigenvalue weighted by atomic mass is 32.2. The first kappa shape index (κ1) is 17.9. The minimum absolute atomic E-state index is 0.290. The topological polar surface area (TPSA) is 130 Å². The van der Waals surface area contributed by atoms with Gasteiger partial charge in [-0.05, 0) is 6.92 Å². The molecule has 0 atom stereocenters. The highest BCUT2D eigenvalue weighted by molar-refractivity contribution is 8.07. The monoisotopic (exact) mass is 359 g/mol. The number of nitrogens with zero attached hydrogens (tertiary/aromatic N) is 2. The smallest absolute Gasteiger partial charge is 0.257 e. The molecule has 0 spiro atoms. The molecule has 0 radical (unpaired) electrons. The summed E-state index contributed by atoms with van der Waals surface area (Å²) in [6, 6.07) is 0. The van der Waals surface area contributed by atoms with E-state index in [1.165, 1.54) is 20.8 Å². The Morgan fingerprint density at radius 2 is 1.48 bits per heavy atom. The van der Waals surface area contributed by atoms with Crippen LogP contribution in [0.5, 0.6) is 0 Å². The molecule has 12 heteroatoms. The van der Waals surface area contributed by atoms with Crippen LogP contribution in [0.1, 0.15) is 20.8 Å². The SMILES string of the molecule is CCS(=O)(=O)C1=CC(S(=O)(=O)CC)=NN(S(=O)(=O)CC)N1. The normalized spacial score (nSPS) is 17.0. The Kier molecular flexibility index (Phi) is 5.05. The van der Waals surface area contributed by atoms with Crippen molar-refractivity contribution in [3.63, 3.8) is 0 Å². The van der Waals surface area contributed by atoms with Gasteiger partial charge in [-0.3, -0.25) is 5.43 Å². The summed E-state index contributed by atoms with van der Waals surface area (Å²) in [5, 5.41) is 2.37. The lowest BCUT2D eigenvalue weighted by Gasteiger charge is -2.25. The molecule has 1 aliphatic rings. The first-order valence-electron chi connectivity index (χ1n) is 6.05. The van der Waals surface area contributed by atoms with Gasteiger partial charge in [-0.25, -0.2) is 25.3 Å². The van der Waals surface area contributed by atoms with E-state index in [-0.39, 0.29) is 21.8 Å². The second-order valence-electron chi connectivity index (χ2n) is 4.01. The van der Waals surface area contributed by atoms with E-state index in [4.69, 9.17) is 0 Å². The highest BCUT2D eigenvalue weighted by Crippen LogP contribution is 2.16. The second kappa shape index (κ2) is 5.93. The van der Waals surface area contributed by atoms with Crippen LogP contribution in [0.25, 0.3) is 0 Å². The molecule has 0 bridgehead atoms. The van der Waals surface area contributed by atoms with Gasteiger partial charge in [0.1, 0.15) is 0 Å². The van der Waals surface area contributed by atoms with Gasteiger partial charge in [0.2, 0.25) is 0 Å². The van der Waals surface area contributed by atoms with Gasteiger partial charge >= 0.3 is 0 Å². The molecule has 0 aromatic heterocycles. The maximum absolute atomic E-state index is 11.9. The molecule has 1 aliphatic heterocycles. The van der Waals surface area contributed by atoms with Crippen molar-refractivity contribution in [3.05, 3.63) is 11.1 Å². The first-order chi connectivity index (χ1) is 9.50. The molecule has 0 unspecified atom stereocenters. The molecule has 0 aliphatic carbocycles. The average molecular weight is 359 g/mol. The molecule has 0 saturated carbocycles. The number of hydrogen-bond acceptors (Lipinski definition) is 8. The number of hydrogen-bond donors (Lipinski definition) is 1. The van der Waals surface area contributed by atoms with Crippen LogP contribution in [0.4, 0.5) is 0 Å². The van der Waals surface area contributed by atoms with Crippen LogP contribution in [0, 0.1) is 0 Å². The van der Waals surface area contributed by atoms with Crippen LogP contribution in [0.3, 0.4) is 0 Å². The summed E-state index contributed by atoms with van der Waals surface area (Å²) in [7, 11) is -11.6. The van der Waals surface area contributed by atoms with Crippen molar-refractivity contribution in [1.29, 1.82) is 0 Å². The Morgan fingerprint density at radius 1 is 0.952 bits per heavy atom. The zero-order valence-corrected chi connectivity index (χ0v) is 14.2. The number of sulfone groups is 2. The summed E-state index contributed by atoms with van der Waals surface area (Å²) in [5.41, 5.74) is 2.13. The summed E-state index contributed by atoms with van der Waals surface area (Å²) in [4.78, 5) is 0. The molecule has 0 fully saturated rings. The van der Waals surface area contributed by atoms with Crippen molar-refractivity contribution < 1.29 is 25.3 Å². The zero-order valence-electron chi connectivity index (χ0n) is 11.8. The van der Waals surface area contributed by atoms with Crippen LogP contribution in [-0.4, -0.2) is 52.1 Å². The molecule has 9 nitrogen and oxygen atoms in total. The molecule has 0 aromatic carbocycles. The van der Waals surface area contributed by atoms with E-state index < -0.39 is 39.8 Å². The molecular formula is C9H17N3O6S3. The number of rotatable bonds is 5. The van der Waals surface area contributed by atoms with Gasteiger partial charge in [-0.15, -0.1) is 5.10 Å². The third-order valence-corrected chi connectivity index (χ3v) is 7.36. The predicted molar refractivity (Wildman–Crippen MR) is 78.9 cm³/mol. The van der Waals surface area contributed by atoms with Crippen molar-refractivity contribution in [2.45, 2.75) is 20.8 Å². The van der Waals surface area contributed by atoms with Crippen LogP contribution >= 0.6 is 0 Å². The van der Waals surface area contributed by atoms with Gasteiger partial charge in [0.15, 0.2) is 29.7 Å². The lowest BCUT2D eigenvalue weighted by atomic mass is 10.6. The fraction of sp³-hybridized carbons (Fsp3) is 0.667. The summed E-state index contributed by atoms with van der Waals surface area (Å²) in [5.74, 6) is -1.02. The number of hydrazine groups is 1. The van der Waals surface area contributed by atoms with E-state index in [2.05, 4.69) is 10.5 Å². The van der Waals surface area contributed by atoms with Crippen molar-refractivity contribution in [2.75, 3.05) is 17.3 Å². The first-order valence-corrected chi connectivity index (χ1v) is 11.0. The van der Waals surface area contributed by atoms with Crippen molar-refractivity contribution in [1.82, 2.24) is 9.95 Å². The number of hydrazone groups is 1. The van der Waals surface area contributed by atoms with Crippen LogP contribution in [0.15, 0.2) is 16.2 Å². The van der Waals surface area contributed by atoms with Gasteiger partial charge < -0.3 is 0 Å². The Hall–Kier alpha value is -1.14. The average Bonchev–Trinajstić information content (AvgIpc) is 2.46. The van der Waals surface area contributed by atoms with Gasteiger partial charge in [0.05, 0.1) is 17.3 Å². The third-order valence-electron chi connectivity index (χ3n) is 2.69. The quantitative estimate of drug-likeness (QED) is 0.678. The maximum Gasteiger partial charge on any atom is 0.267 e. The molecule has 1 heterocycles.